The van der Waals surface area contributed by atoms with Crippen LogP contribution in [0.4, 0.5) is 5.69 Å². The van der Waals surface area contributed by atoms with E-state index in [1.54, 1.807) is 49.6 Å². The second-order valence-electron chi connectivity index (χ2n) is 7.63. The van der Waals surface area contributed by atoms with Crippen LogP contribution in [0.1, 0.15) is 11.1 Å². The number of sulfone groups is 1. The molecule has 1 N–H and O–H groups in total. The van der Waals surface area contributed by atoms with Gasteiger partial charge in [-0.05, 0) is 42.0 Å². The maximum Gasteiger partial charge on any atom is 0.262 e. The average molecular weight is 655 g/mol. The molecule has 0 radical (unpaired) electrons. The quantitative estimate of drug-likeness (QED) is 0.299. The van der Waals surface area contributed by atoms with E-state index in [1.165, 1.54) is 32.0 Å². The number of benzene rings is 3. The molecule has 0 fully saturated rings. The number of anilines is 1. The molecule has 0 aromatic heterocycles. The Labute approximate surface area is 230 Å². The van der Waals surface area contributed by atoms with Gasteiger partial charge in [-0.3, -0.25) is 4.79 Å². The van der Waals surface area contributed by atoms with Crippen LogP contribution in [-0.2, 0) is 20.4 Å². The van der Waals surface area contributed by atoms with Crippen molar-refractivity contribution in [3.63, 3.8) is 0 Å². The molecule has 0 atom stereocenters. The van der Waals surface area contributed by atoms with Gasteiger partial charge >= 0.3 is 0 Å². The van der Waals surface area contributed by atoms with Gasteiger partial charge in [0.15, 0.2) is 9.84 Å². The summed E-state index contributed by atoms with van der Waals surface area (Å²) >= 11 is 8.07. The molecular weight excluding hydrogens is 634 g/mol. The SMILES string of the molecule is COc1cc(OC)c(/C=C2\Sc3ccc(S(=O)(=O)Cc4c(Br)cccc4Br)cc3NC2=O)c(OC)c1. The maximum atomic E-state index is 13.2. The Balaban J connectivity index is 1.66. The molecule has 0 bridgehead atoms. The monoisotopic (exact) mass is 653 g/mol. The molecule has 36 heavy (non-hydrogen) atoms. The van der Waals surface area contributed by atoms with E-state index in [0.717, 1.165) is 0 Å². The fraction of sp³-hybridized carbons (Fsp3) is 0.160. The summed E-state index contributed by atoms with van der Waals surface area (Å²) < 4.78 is 43.9. The van der Waals surface area contributed by atoms with Crippen LogP contribution in [-0.4, -0.2) is 35.7 Å². The second-order valence-corrected chi connectivity index (χ2v) is 12.4. The first kappa shape index (κ1) is 26.6. The van der Waals surface area contributed by atoms with Gasteiger partial charge in [0.25, 0.3) is 5.91 Å². The standard InChI is InChI=1S/C25H21Br2NO6S2/c1-32-14-9-21(33-2)16(22(10-14)34-3)12-24-25(29)28-20-11-15(7-8-23(20)35-24)36(30,31)13-17-18(26)5-4-6-19(17)27/h4-12H,13H2,1-3H3,(H,28,29)/b24-12-. The summed E-state index contributed by atoms with van der Waals surface area (Å²) in [5.74, 6) is 0.961. The second kappa shape index (κ2) is 10.9. The number of rotatable bonds is 7. The lowest BCUT2D eigenvalue weighted by molar-refractivity contribution is -0.112. The average Bonchev–Trinajstić information content (AvgIpc) is 2.86. The molecule has 1 aliphatic rings. The summed E-state index contributed by atoms with van der Waals surface area (Å²) in [4.78, 5) is 14.2. The van der Waals surface area contributed by atoms with E-state index in [0.29, 0.717) is 52.8 Å². The van der Waals surface area contributed by atoms with E-state index < -0.39 is 9.84 Å². The highest BCUT2D eigenvalue weighted by Crippen LogP contribution is 2.43. The number of halogens is 2. The minimum atomic E-state index is -3.68. The Bertz CT molecular complexity index is 1440. The number of fused-ring (bicyclic) bond motifs is 1. The fourth-order valence-corrected chi connectivity index (χ4v) is 7.58. The zero-order valence-corrected chi connectivity index (χ0v) is 24.2. The third kappa shape index (κ3) is 5.44. The molecule has 7 nitrogen and oxygen atoms in total. The van der Waals surface area contributed by atoms with Gasteiger partial charge in [-0.1, -0.05) is 49.7 Å². The van der Waals surface area contributed by atoms with E-state index in [4.69, 9.17) is 14.2 Å². The first-order chi connectivity index (χ1) is 17.2. The molecule has 0 aliphatic carbocycles. The molecule has 3 aromatic rings. The summed E-state index contributed by atoms with van der Waals surface area (Å²) in [6.07, 6.45) is 1.68. The van der Waals surface area contributed by atoms with Gasteiger partial charge in [-0.25, -0.2) is 8.42 Å². The van der Waals surface area contributed by atoms with Crippen LogP contribution in [0.25, 0.3) is 6.08 Å². The van der Waals surface area contributed by atoms with E-state index >= 15 is 0 Å². The van der Waals surface area contributed by atoms with Crippen molar-refractivity contribution in [2.24, 2.45) is 0 Å². The minimum Gasteiger partial charge on any atom is -0.496 e. The molecule has 0 saturated carbocycles. The Morgan fingerprint density at radius 3 is 2.17 bits per heavy atom. The lowest BCUT2D eigenvalue weighted by atomic mass is 10.1. The fourth-order valence-electron chi connectivity index (χ4n) is 3.58. The molecule has 4 rings (SSSR count). The van der Waals surface area contributed by atoms with Crippen molar-refractivity contribution in [3.05, 3.63) is 73.5 Å². The Hall–Kier alpha value is -2.47. The van der Waals surface area contributed by atoms with E-state index in [1.807, 2.05) is 6.07 Å². The molecule has 0 spiro atoms. The lowest BCUT2D eigenvalue weighted by Crippen LogP contribution is -2.18. The summed E-state index contributed by atoms with van der Waals surface area (Å²) in [5.41, 5.74) is 1.64. The van der Waals surface area contributed by atoms with Gasteiger partial charge in [0, 0.05) is 26.0 Å². The number of hydrogen-bond donors (Lipinski definition) is 1. The smallest absolute Gasteiger partial charge is 0.262 e. The molecule has 3 aromatic carbocycles. The van der Waals surface area contributed by atoms with Crippen molar-refractivity contribution < 1.29 is 27.4 Å². The molecule has 0 saturated heterocycles. The Kier molecular flexibility index (Phi) is 8.03. The van der Waals surface area contributed by atoms with Crippen LogP contribution in [0.3, 0.4) is 0 Å². The number of carbonyl (C=O) groups is 1. The lowest BCUT2D eigenvalue weighted by Gasteiger charge is -2.20. The third-order valence-corrected chi connectivity index (χ3v) is 9.65. The zero-order chi connectivity index (χ0) is 26.0. The van der Waals surface area contributed by atoms with Crippen LogP contribution in [0.2, 0.25) is 0 Å². The van der Waals surface area contributed by atoms with Crippen LogP contribution >= 0.6 is 43.6 Å². The Morgan fingerprint density at radius 1 is 0.944 bits per heavy atom. The summed E-state index contributed by atoms with van der Waals surface area (Å²) in [6, 6.07) is 13.5. The van der Waals surface area contributed by atoms with Crippen LogP contribution in [0.5, 0.6) is 17.2 Å². The van der Waals surface area contributed by atoms with E-state index in [2.05, 4.69) is 37.2 Å². The van der Waals surface area contributed by atoms with Gasteiger partial charge in [0.2, 0.25) is 0 Å². The summed E-state index contributed by atoms with van der Waals surface area (Å²) in [7, 11) is 0.909. The predicted octanol–water partition coefficient (Wildman–Crippen LogP) is 6.30. The summed E-state index contributed by atoms with van der Waals surface area (Å²) in [6.45, 7) is 0. The first-order valence-corrected chi connectivity index (χ1v) is 14.5. The highest BCUT2D eigenvalue weighted by Gasteiger charge is 2.26. The van der Waals surface area contributed by atoms with E-state index in [-0.39, 0.29) is 16.6 Å². The van der Waals surface area contributed by atoms with Crippen molar-refractivity contribution >= 4 is 71.1 Å². The number of ether oxygens (including phenoxy) is 3. The predicted molar refractivity (Wildman–Crippen MR) is 148 cm³/mol. The maximum absolute atomic E-state index is 13.2. The molecular formula is C25H21Br2NO6S2. The molecule has 188 valence electrons. The van der Waals surface area contributed by atoms with E-state index in [9.17, 15) is 13.2 Å². The molecule has 1 amide bonds. The van der Waals surface area contributed by atoms with Gasteiger partial charge < -0.3 is 19.5 Å². The van der Waals surface area contributed by atoms with Crippen LogP contribution < -0.4 is 19.5 Å². The van der Waals surface area contributed by atoms with Crippen molar-refractivity contribution in [2.45, 2.75) is 15.5 Å². The van der Waals surface area contributed by atoms with Crippen molar-refractivity contribution in [3.8, 4) is 17.2 Å². The van der Waals surface area contributed by atoms with Crippen molar-refractivity contribution in [2.75, 3.05) is 26.6 Å². The number of carbonyl (C=O) groups excluding carboxylic acids is 1. The molecule has 0 unspecified atom stereocenters. The normalized spacial score (nSPS) is 14.2. The molecule has 1 heterocycles. The number of hydrogen-bond acceptors (Lipinski definition) is 7. The highest BCUT2D eigenvalue weighted by molar-refractivity contribution is 9.11. The van der Waals surface area contributed by atoms with Crippen LogP contribution in [0.15, 0.2) is 72.2 Å². The van der Waals surface area contributed by atoms with Crippen molar-refractivity contribution in [1.29, 1.82) is 0 Å². The first-order valence-electron chi connectivity index (χ1n) is 10.5. The number of thioether (sulfide) groups is 1. The van der Waals surface area contributed by atoms with Crippen LogP contribution in [0, 0.1) is 0 Å². The number of methoxy groups -OCH3 is 3. The third-order valence-electron chi connectivity index (χ3n) is 5.43. The van der Waals surface area contributed by atoms with Gasteiger partial charge in [-0.15, -0.1) is 0 Å². The summed E-state index contributed by atoms with van der Waals surface area (Å²) in [5, 5.41) is 2.81. The number of amides is 1. The Morgan fingerprint density at radius 2 is 1.58 bits per heavy atom. The van der Waals surface area contributed by atoms with Gasteiger partial charge in [0.1, 0.15) is 17.2 Å². The highest BCUT2D eigenvalue weighted by atomic mass is 79.9. The zero-order valence-electron chi connectivity index (χ0n) is 19.4. The molecule has 11 heteroatoms. The molecule has 1 aliphatic heterocycles. The number of nitrogens with one attached hydrogen (secondary N) is 1. The topological polar surface area (TPSA) is 90.9 Å². The largest absolute Gasteiger partial charge is 0.496 e. The minimum absolute atomic E-state index is 0.121. The van der Waals surface area contributed by atoms with Crippen molar-refractivity contribution in [1.82, 2.24) is 0 Å². The van der Waals surface area contributed by atoms with Gasteiger partial charge in [-0.2, -0.15) is 0 Å². The van der Waals surface area contributed by atoms with Gasteiger partial charge in [0.05, 0.1) is 48.1 Å².